The van der Waals surface area contributed by atoms with Crippen LogP contribution in [0.15, 0.2) is 24.3 Å². The van der Waals surface area contributed by atoms with Gasteiger partial charge < -0.3 is 10.4 Å². The largest absolute Gasteiger partial charge is 0.481 e. The Bertz CT molecular complexity index is 443. The van der Waals surface area contributed by atoms with E-state index in [1.807, 2.05) is 6.07 Å². The molecule has 1 aromatic carbocycles. The number of carboxylic acid groups (broad SMARTS) is 1. The summed E-state index contributed by atoms with van der Waals surface area (Å²) in [7, 11) is 0. The van der Waals surface area contributed by atoms with Crippen LogP contribution >= 0.6 is 22.6 Å². The minimum absolute atomic E-state index is 0.104. The van der Waals surface area contributed by atoms with Crippen molar-refractivity contribution in [2.24, 2.45) is 5.41 Å². The third-order valence-electron chi connectivity index (χ3n) is 2.36. The van der Waals surface area contributed by atoms with E-state index in [0.29, 0.717) is 5.56 Å². The molecule has 0 saturated carbocycles. The van der Waals surface area contributed by atoms with Crippen molar-refractivity contribution in [1.82, 2.24) is 5.32 Å². The molecule has 0 aliphatic carbocycles. The highest BCUT2D eigenvalue weighted by Crippen LogP contribution is 2.14. The van der Waals surface area contributed by atoms with Gasteiger partial charge in [-0.3, -0.25) is 9.59 Å². The summed E-state index contributed by atoms with van der Waals surface area (Å²) in [6.45, 7) is 3.25. The summed E-state index contributed by atoms with van der Waals surface area (Å²) in [5.74, 6) is -1.18. The van der Waals surface area contributed by atoms with Crippen LogP contribution in [0.5, 0.6) is 0 Å². The molecule has 0 radical (unpaired) electrons. The van der Waals surface area contributed by atoms with Crippen LogP contribution in [0.4, 0.5) is 0 Å². The summed E-state index contributed by atoms with van der Waals surface area (Å²) in [6.07, 6.45) is 0. The quantitative estimate of drug-likeness (QED) is 0.820. The molecule has 0 bridgehead atoms. The van der Waals surface area contributed by atoms with Crippen LogP contribution in [-0.2, 0) is 4.79 Å². The number of amides is 1. The lowest BCUT2D eigenvalue weighted by atomic mass is 9.94. The van der Waals surface area contributed by atoms with E-state index in [1.54, 1.807) is 32.0 Å². The second-order valence-corrected chi connectivity index (χ2v) is 5.63. The molecule has 0 saturated heterocycles. The highest BCUT2D eigenvalue weighted by Gasteiger charge is 2.27. The highest BCUT2D eigenvalue weighted by atomic mass is 127. The average Bonchev–Trinajstić information content (AvgIpc) is 2.25. The second kappa shape index (κ2) is 5.48. The summed E-state index contributed by atoms with van der Waals surface area (Å²) in [5, 5.41) is 11.5. The van der Waals surface area contributed by atoms with Crippen molar-refractivity contribution in [3.05, 3.63) is 33.4 Å². The van der Waals surface area contributed by atoms with Gasteiger partial charge in [-0.1, -0.05) is 6.07 Å². The van der Waals surface area contributed by atoms with Crippen LogP contribution in [0, 0.1) is 8.99 Å². The summed E-state index contributed by atoms with van der Waals surface area (Å²) in [5.41, 5.74) is -0.421. The van der Waals surface area contributed by atoms with E-state index >= 15 is 0 Å². The molecule has 0 unspecified atom stereocenters. The maximum absolute atomic E-state index is 11.8. The number of benzene rings is 1. The smallest absolute Gasteiger partial charge is 0.310 e. The number of halogens is 1. The molecule has 0 aliphatic heterocycles. The summed E-state index contributed by atoms with van der Waals surface area (Å²) in [4.78, 5) is 22.6. The maximum atomic E-state index is 11.8. The molecule has 1 aromatic rings. The normalized spacial score (nSPS) is 11.0. The first kappa shape index (κ1) is 14.0. The molecule has 4 nitrogen and oxygen atoms in total. The predicted octanol–water partition coefficient (Wildman–Crippen LogP) is 2.13. The Morgan fingerprint density at radius 1 is 1.41 bits per heavy atom. The van der Waals surface area contributed by atoms with E-state index in [0.717, 1.165) is 3.57 Å². The molecule has 0 aliphatic rings. The Kier molecular flexibility index (Phi) is 4.50. The van der Waals surface area contributed by atoms with Gasteiger partial charge in [0.1, 0.15) is 0 Å². The van der Waals surface area contributed by atoms with Crippen LogP contribution in [0.25, 0.3) is 0 Å². The summed E-state index contributed by atoms with van der Waals surface area (Å²) < 4.78 is 0.966. The van der Waals surface area contributed by atoms with Crippen molar-refractivity contribution in [2.75, 3.05) is 6.54 Å². The molecule has 0 spiro atoms. The first-order chi connectivity index (χ1) is 7.83. The van der Waals surface area contributed by atoms with E-state index in [9.17, 15) is 9.59 Å². The van der Waals surface area contributed by atoms with Crippen LogP contribution in [0.2, 0.25) is 0 Å². The zero-order valence-corrected chi connectivity index (χ0v) is 11.8. The molecule has 1 amide bonds. The zero-order chi connectivity index (χ0) is 13.1. The number of carboxylic acids is 1. The van der Waals surface area contributed by atoms with Crippen molar-refractivity contribution in [3.63, 3.8) is 0 Å². The van der Waals surface area contributed by atoms with Gasteiger partial charge in [0.25, 0.3) is 5.91 Å². The SMILES string of the molecule is CC(C)(CNC(=O)c1cccc(I)c1)C(=O)O. The number of nitrogens with one attached hydrogen (secondary N) is 1. The number of rotatable bonds is 4. The minimum Gasteiger partial charge on any atom is -0.481 e. The third kappa shape index (κ3) is 3.99. The Labute approximate surface area is 114 Å². The van der Waals surface area contributed by atoms with Gasteiger partial charge in [0, 0.05) is 15.7 Å². The van der Waals surface area contributed by atoms with Crippen molar-refractivity contribution in [2.45, 2.75) is 13.8 Å². The van der Waals surface area contributed by atoms with Gasteiger partial charge in [0.2, 0.25) is 0 Å². The van der Waals surface area contributed by atoms with Crippen LogP contribution in [0.1, 0.15) is 24.2 Å². The van der Waals surface area contributed by atoms with Crippen molar-refractivity contribution in [1.29, 1.82) is 0 Å². The molecule has 2 N–H and O–H groups in total. The first-order valence-corrected chi connectivity index (χ1v) is 6.18. The number of hydrogen-bond donors (Lipinski definition) is 2. The summed E-state index contributed by atoms with van der Waals surface area (Å²) in [6, 6.07) is 7.13. The lowest BCUT2D eigenvalue weighted by molar-refractivity contribution is -0.146. The van der Waals surface area contributed by atoms with Crippen LogP contribution in [-0.4, -0.2) is 23.5 Å². The molecule has 0 aromatic heterocycles. The van der Waals surface area contributed by atoms with Gasteiger partial charge in [0.05, 0.1) is 5.41 Å². The molecule has 0 atom stereocenters. The molecule has 0 fully saturated rings. The Morgan fingerprint density at radius 3 is 2.59 bits per heavy atom. The molecule has 1 rings (SSSR count). The van der Waals surface area contributed by atoms with Gasteiger partial charge >= 0.3 is 5.97 Å². The second-order valence-electron chi connectivity index (χ2n) is 4.38. The fourth-order valence-corrected chi connectivity index (χ4v) is 1.65. The third-order valence-corrected chi connectivity index (χ3v) is 3.03. The lowest BCUT2D eigenvalue weighted by Gasteiger charge is -2.19. The Balaban J connectivity index is 2.65. The van der Waals surface area contributed by atoms with Crippen molar-refractivity contribution < 1.29 is 14.7 Å². The van der Waals surface area contributed by atoms with E-state index in [4.69, 9.17) is 5.11 Å². The van der Waals surface area contributed by atoms with Gasteiger partial charge in [-0.25, -0.2) is 0 Å². The standard InChI is InChI=1S/C12H14INO3/c1-12(2,11(16)17)7-14-10(15)8-4-3-5-9(13)6-8/h3-6H,7H2,1-2H3,(H,14,15)(H,16,17). The first-order valence-electron chi connectivity index (χ1n) is 5.10. The topological polar surface area (TPSA) is 66.4 Å². The molecule has 17 heavy (non-hydrogen) atoms. The van der Waals surface area contributed by atoms with Crippen LogP contribution in [0.3, 0.4) is 0 Å². The number of hydrogen-bond acceptors (Lipinski definition) is 2. The molecular weight excluding hydrogens is 333 g/mol. The molecule has 0 heterocycles. The van der Waals surface area contributed by atoms with Gasteiger partial charge in [0.15, 0.2) is 0 Å². The maximum Gasteiger partial charge on any atom is 0.310 e. The Morgan fingerprint density at radius 2 is 2.06 bits per heavy atom. The fraction of sp³-hybridized carbons (Fsp3) is 0.333. The van der Waals surface area contributed by atoms with E-state index < -0.39 is 11.4 Å². The number of carbonyl (C=O) groups excluding carboxylic acids is 1. The monoisotopic (exact) mass is 347 g/mol. The van der Waals surface area contributed by atoms with E-state index in [1.165, 1.54) is 0 Å². The van der Waals surface area contributed by atoms with E-state index in [2.05, 4.69) is 27.9 Å². The number of aliphatic carboxylic acids is 1. The van der Waals surface area contributed by atoms with Gasteiger partial charge in [-0.05, 0) is 54.6 Å². The highest BCUT2D eigenvalue weighted by molar-refractivity contribution is 14.1. The summed E-state index contributed by atoms with van der Waals surface area (Å²) >= 11 is 2.12. The molecule has 5 heteroatoms. The van der Waals surface area contributed by atoms with Gasteiger partial charge in [-0.2, -0.15) is 0 Å². The Hall–Kier alpha value is -1.11. The van der Waals surface area contributed by atoms with E-state index in [-0.39, 0.29) is 12.5 Å². The fourth-order valence-electron chi connectivity index (χ4n) is 1.11. The molecule has 92 valence electrons. The van der Waals surface area contributed by atoms with Crippen molar-refractivity contribution in [3.8, 4) is 0 Å². The van der Waals surface area contributed by atoms with Crippen LogP contribution < -0.4 is 5.32 Å². The number of carbonyl (C=O) groups is 2. The predicted molar refractivity (Wildman–Crippen MR) is 72.9 cm³/mol. The van der Waals surface area contributed by atoms with Gasteiger partial charge in [-0.15, -0.1) is 0 Å². The molecular formula is C12H14INO3. The zero-order valence-electron chi connectivity index (χ0n) is 9.66. The lowest BCUT2D eigenvalue weighted by Crippen LogP contribution is -2.38. The average molecular weight is 347 g/mol. The van der Waals surface area contributed by atoms with Crippen molar-refractivity contribution >= 4 is 34.5 Å². The minimum atomic E-state index is -0.961.